The highest BCUT2D eigenvalue weighted by molar-refractivity contribution is 5.94. The standard InChI is InChI=1S/C20H32N2O3/c1-15(2)25-18-11-10-16(14-19(18)24-3)20(23)22-13-12-21-17-8-6-4-5-7-9-17/h10-11,14-15,17,21H,4-9,12-13H2,1-3H3,(H,22,23). The molecule has 0 aromatic heterocycles. The van der Waals surface area contributed by atoms with Gasteiger partial charge in [0.1, 0.15) is 0 Å². The van der Waals surface area contributed by atoms with Crippen LogP contribution in [0.2, 0.25) is 0 Å². The van der Waals surface area contributed by atoms with Gasteiger partial charge in [0.15, 0.2) is 11.5 Å². The quantitative estimate of drug-likeness (QED) is 0.557. The summed E-state index contributed by atoms with van der Waals surface area (Å²) < 4.78 is 11.0. The lowest BCUT2D eigenvalue weighted by molar-refractivity contribution is 0.0953. The zero-order valence-corrected chi connectivity index (χ0v) is 15.8. The van der Waals surface area contributed by atoms with Crippen molar-refractivity contribution >= 4 is 5.91 Å². The summed E-state index contributed by atoms with van der Waals surface area (Å²) in [5.41, 5.74) is 0.586. The Morgan fingerprint density at radius 2 is 1.84 bits per heavy atom. The molecule has 2 N–H and O–H groups in total. The number of carbonyl (C=O) groups excluding carboxylic acids is 1. The van der Waals surface area contributed by atoms with Gasteiger partial charge in [-0.15, -0.1) is 0 Å². The van der Waals surface area contributed by atoms with Gasteiger partial charge in [-0.25, -0.2) is 0 Å². The first-order valence-corrected chi connectivity index (χ1v) is 9.46. The number of hydrogen-bond acceptors (Lipinski definition) is 4. The fraction of sp³-hybridized carbons (Fsp3) is 0.650. The molecule has 0 saturated heterocycles. The number of benzene rings is 1. The Bertz CT molecular complexity index is 538. The average molecular weight is 348 g/mol. The molecule has 1 aliphatic carbocycles. The summed E-state index contributed by atoms with van der Waals surface area (Å²) in [7, 11) is 1.58. The van der Waals surface area contributed by atoms with Crippen LogP contribution in [0.15, 0.2) is 18.2 Å². The maximum atomic E-state index is 12.3. The van der Waals surface area contributed by atoms with Crippen molar-refractivity contribution in [2.45, 2.75) is 64.5 Å². The molecular formula is C20H32N2O3. The Hall–Kier alpha value is -1.75. The second kappa shape index (κ2) is 10.3. The third-order valence-corrected chi connectivity index (χ3v) is 4.49. The summed E-state index contributed by atoms with van der Waals surface area (Å²) in [5, 5.41) is 6.53. The maximum absolute atomic E-state index is 12.3. The Kier molecular flexibility index (Phi) is 8.06. The van der Waals surface area contributed by atoms with Crippen molar-refractivity contribution in [2.75, 3.05) is 20.2 Å². The van der Waals surface area contributed by atoms with Crippen LogP contribution in [0, 0.1) is 0 Å². The molecule has 0 unspecified atom stereocenters. The van der Waals surface area contributed by atoms with Crippen LogP contribution in [0.4, 0.5) is 0 Å². The van der Waals surface area contributed by atoms with E-state index in [1.165, 1.54) is 38.5 Å². The van der Waals surface area contributed by atoms with Crippen molar-refractivity contribution in [3.8, 4) is 11.5 Å². The molecule has 1 amide bonds. The third kappa shape index (κ3) is 6.58. The van der Waals surface area contributed by atoms with E-state index in [1.807, 2.05) is 13.8 Å². The van der Waals surface area contributed by atoms with Crippen molar-refractivity contribution in [2.24, 2.45) is 0 Å². The van der Waals surface area contributed by atoms with Gasteiger partial charge in [0, 0.05) is 24.7 Å². The molecule has 25 heavy (non-hydrogen) atoms. The molecule has 0 spiro atoms. The summed E-state index contributed by atoms with van der Waals surface area (Å²) in [4.78, 5) is 12.3. The third-order valence-electron chi connectivity index (χ3n) is 4.49. The van der Waals surface area contributed by atoms with Crippen LogP contribution in [-0.2, 0) is 0 Å². The van der Waals surface area contributed by atoms with Gasteiger partial charge in [-0.2, -0.15) is 0 Å². The molecule has 140 valence electrons. The second-order valence-corrected chi connectivity index (χ2v) is 6.93. The highest BCUT2D eigenvalue weighted by atomic mass is 16.5. The van der Waals surface area contributed by atoms with E-state index >= 15 is 0 Å². The predicted molar refractivity (Wildman–Crippen MR) is 101 cm³/mol. The summed E-state index contributed by atoms with van der Waals surface area (Å²) in [5.74, 6) is 1.15. The number of nitrogens with one attached hydrogen (secondary N) is 2. The first-order chi connectivity index (χ1) is 12.1. The lowest BCUT2D eigenvalue weighted by Gasteiger charge is -2.17. The van der Waals surface area contributed by atoms with Gasteiger partial charge in [-0.05, 0) is 44.9 Å². The first kappa shape index (κ1) is 19.6. The van der Waals surface area contributed by atoms with Crippen molar-refractivity contribution in [3.63, 3.8) is 0 Å². The molecule has 0 atom stereocenters. The van der Waals surface area contributed by atoms with E-state index in [1.54, 1.807) is 25.3 Å². The Balaban J connectivity index is 1.79. The molecule has 1 fully saturated rings. The molecule has 1 aliphatic rings. The molecule has 0 bridgehead atoms. The van der Waals surface area contributed by atoms with E-state index in [4.69, 9.17) is 9.47 Å². The summed E-state index contributed by atoms with van der Waals surface area (Å²) >= 11 is 0. The zero-order valence-electron chi connectivity index (χ0n) is 15.8. The van der Waals surface area contributed by atoms with Crippen LogP contribution in [-0.4, -0.2) is 38.3 Å². The van der Waals surface area contributed by atoms with Gasteiger partial charge in [0.25, 0.3) is 5.91 Å². The molecule has 0 aliphatic heterocycles. The van der Waals surface area contributed by atoms with Crippen molar-refractivity contribution in [1.29, 1.82) is 0 Å². The van der Waals surface area contributed by atoms with Gasteiger partial charge in [0.05, 0.1) is 13.2 Å². The summed E-state index contributed by atoms with van der Waals surface area (Å²) in [6.45, 7) is 5.35. The SMILES string of the molecule is COc1cc(C(=O)NCCNC2CCCCCC2)ccc1OC(C)C. The minimum Gasteiger partial charge on any atom is -0.493 e. The second-order valence-electron chi connectivity index (χ2n) is 6.93. The van der Waals surface area contributed by atoms with Crippen LogP contribution in [0.5, 0.6) is 11.5 Å². The van der Waals surface area contributed by atoms with Crippen LogP contribution >= 0.6 is 0 Å². The van der Waals surface area contributed by atoms with E-state index in [0.29, 0.717) is 29.6 Å². The topological polar surface area (TPSA) is 59.6 Å². The van der Waals surface area contributed by atoms with Gasteiger partial charge in [-0.1, -0.05) is 25.7 Å². The van der Waals surface area contributed by atoms with E-state index in [0.717, 1.165) is 6.54 Å². The fourth-order valence-corrected chi connectivity index (χ4v) is 3.20. The van der Waals surface area contributed by atoms with Crippen molar-refractivity contribution in [3.05, 3.63) is 23.8 Å². The minimum atomic E-state index is -0.0861. The van der Waals surface area contributed by atoms with Crippen molar-refractivity contribution in [1.82, 2.24) is 10.6 Å². The zero-order chi connectivity index (χ0) is 18.1. The van der Waals surface area contributed by atoms with Gasteiger partial charge in [-0.3, -0.25) is 4.79 Å². The molecule has 2 rings (SSSR count). The van der Waals surface area contributed by atoms with E-state index in [-0.39, 0.29) is 12.0 Å². The molecule has 1 saturated carbocycles. The van der Waals surface area contributed by atoms with E-state index in [9.17, 15) is 4.79 Å². The largest absolute Gasteiger partial charge is 0.493 e. The van der Waals surface area contributed by atoms with Crippen LogP contribution in [0.3, 0.4) is 0 Å². The summed E-state index contributed by atoms with van der Waals surface area (Å²) in [6.07, 6.45) is 7.90. The van der Waals surface area contributed by atoms with E-state index < -0.39 is 0 Å². The van der Waals surface area contributed by atoms with Gasteiger partial charge in [0.2, 0.25) is 0 Å². The highest BCUT2D eigenvalue weighted by Gasteiger charge is 2.13. The number of amides is 1. The predicted octanol–water partition coefficient (Wildman–Crippen LogP) is 3.52. The Morgan fingerprint density at radius 3 is 2.48 bits per heavy atom. The normalized spacial score (nSPS) is 15.7. The highest BCUT2D eigenvalue weighted by Crippen LogP contribution is 2.28. The molecule has 0 radical (unpaired) electrons. The maximum Gasteiger partial charge on any atom is 0.251 e. The monoisotopic (exact) mass is 348 g/mol. The fourth-order valence-electron chi connectivity index (χ4n) is 3.20. The average Bonchev–Trinajstić information content (AvgIpc) is 2.87. The Morgan fingerprint density at radius 1 is 1.12 bits per heavy atom. The van der Waals surface area contributed by atoms with Gasteiger partial charge >= 0.3 is 0 Å². The summed E-state index contributed by atoms with van der Waals surface area (Å²) in [6, 6.07) is 5.89. The number of carbonyl (C=O) groups is 1. The smallest absolute Gasteiger partial charge is 0.251 e. The molecule has 5 nitrogen and oxygen atoms in total. The number of rotatable bonds is 8. The van der Waals surface area contributed by atoms with Crippen LogP contribution in [0.25, 0.3) is 0 Å². The lowest BCUT2D eigenvalue weighted by atomic mass is 10.1. The van der Waals surface area contributed by atoms with Crippen LogP contribution in [0.1, 0.15) is 62.7 Å². The van der Waals surface area contributed by atoms with Crippen LogP contribution < -0.4 is 20.1 Å². The molecular weight excluding hydrogens is 316 g/mol. The molecule has 1 aromatic rings. The molecule has 1 aromatic carbocycles. The molecule has 0 heterocycles. The first-order valence-electron chi connectivity index (χ1n) is 9.46. The number of methoxy groups -OCH3 is 1. The van der Waals surface area contributed by atoms with Crippen molar-refractivity contribution < 1.29 is 14.3 Å². The molecule has 5 heteroatoms. The minimum absolute atomic E-state index is 0.0589. The number of ether oxygens (including phenoxy) is 2. The van der Waals surface area contributed by atoms with E-state index in [2.05, 4.69) is 10.6 Å². The number of hydrogen-bond donors (Lipinski definition) is 2. The lowest BCUT2D eigenvalue weighted by Crippen LogP contribution is -2.36. The Labute approximate surface area is 151 Å². The van der Waals surface area contributed by atoms with Gasteiger partial charge < -0.3 is 20.1 Å².